The van der Waals surface area contributed by atoms with Crippen LogP contribution in [0.2, 0.25) is 0 Å². The molecule has 3 heteroatoms. The van der Waals surface area contributed by atoms with Crippen LogP contribution in [0.25, 0.3) is 0 Å². The lowest BCUT2D eigenvalue weighted by atomic mass is 10.2. The molecule has 1 aliphatic rings. The van der Waals surface area contributed by atoms with Crippen LogP contribution in [0.1, 0.15) is 33.3 Å². The Morgan fingerprint density at radius 3 is 2.00 bits per heavy atom. The van der Waals surface area contributed by atoms with Gasteiger partial charge >= 0.3 is 0 Å². The number of hydrogen-bond acceptors (Lipinski definition) is 2. The van der Waals surface area contributed by atoms with E-state index >= 15 is 0 Å². The van der Waals surface area contributed by atoms with E-state index in [1.165, 1.54) is 11.6 Å². The Kier molecular flexibility index (Phi) is 8.34. The van der Waals surface area contributed by atoms with Gasteiger partial charge in [-0.2, -0.15) is 0 Å². The van der Waals surface area contributed by atoms with Gasteiger partial charge in [-0.15, -0.1) is 0 Å². The maximum absolute atomic E-state index is 11.6. The van der Waals surface area contributed by atoms with Crippen molar-refractivity contribution in [2.75, 3.05) is 18.6 Å². The highest BCUT2D eigenvalue weighted by atomic mass is 16.5. The Labute approximate surface area is 116 Å². The van der Waals surface area contributed by atoms with Crippen molar-refractivity contribution >= 4 is 11.6 Å². The van der Waals surface area contributed by atoms with E-state index in [-0.39, 0.29) is 5.91 Å². The molecule has 0 spiro atoms. The van der Waals surface area contributed by atoms with Gasteiger partial charge in [0.25, 0.3) is 5.91 Å². The normalized spacial score (nSPS) is 12.8. The van der Waals surface area contributed by atoms with Crippen molar-refractivity contribution in [3.8, 4) is 0 Å². The van der Waals surface area contributed by atoms with Crippen LogP contribution in [0.4, 0.5) is 5.69 Å². The Morgan fingerprint density at radius 2 is 1.58 bits per heavy atom. The topological polar surface area (TPSA) is 29.5 Å². The first-order chi connectivity index (χ1) is 9.20. The van der Waals surface area contributed by atoms with Gasteiger partial charge in [-0.1, -0.05) is 45.4 Å². The fraction of sp³-hybridized carbons (Fsp3) is 0.438. The molecule has 0 saturated heterocycles. The number of carbonyl (C=O) groups is 1. The summed E-state index contributed by atoms with van der Waals surface area (Å²) in [5.74, 6) is 0.691. The number of benzene rings is 1. The number of nitrogens with zero attached hydrogens (tertiary/aromatic N) is 1. The average molecular weight is 263 g/mol. The molecular formula is C16H25NO2. The van der Waals surface area contributed by atoms with Gasteiger partial charge in [0.1, 0.15) is 5.76 Å². The first kappa shape index (κ1) is 17.2. The third kappa shape index (κ3) is 4.78. The number of carbonyl (C=O) groups excluding carboxylic acids is 1. The Hall–Kier alpha value is -1.77. The van der Waals surface area contributed by atoms with Crippen LogP contribution in [-0.4, -0.2) is 19.6 Å². The molecule has 0 aromatic heterocycles. The maximum atomic E-state index is 11.6. The van der Waals surface area contributed by atoms with Crippen LogP contribution in [0.15, 0.2) is 36.1 Å². The van der Waals surface area contributed by atoms with Gasteiger partial charge in [-0.3, -0.25) is 4.79 Å². The molecule has 0 unspecified atom stereocenters. The van der Waals surface area contributed by atoms with E-state index < -0.39 is 0 Å². The summed E-state index contributed by atoms with van der Waals surface area (Å²) < 4.78 is 5.06. The van der Waals surface area contributed by atoms with E-state index in [4.69, 9.17) is 4.74 Å². The quantitative estimate of drug-likeness (QED) is 0.809. The van der Waals surface area contributed by atoms with E-state index in [9.17, 15) is 4.79 Å². The smallest absolute Gasteiger partial charge is 0.254 e. The summed E-state index contributed by atoms with van der Waals surface area (Å²) in [6, 6.07) is 7.88. The Morgan fingerprint density at radius 1 is 1.05 bits per heavy atom. The minimum atomic E-state index is -0.0179. The second-order valence-corrected chi connectivity index (χ2v) is 3.57. The number of ether oxygens (including phenoxy) is 1. The van der Waals surface area contributed by atoms with Crippen molar-refractivity contribution in [2.45, 2.75) is 34.6 Å². The van der Waals surface area contributed by atoms with Gasteiger partial charge in [-0.05, 0) is 19.1 Å². The first-order valence-corrected chi connectivity index (χ1v) is 6.83. The number of anilines is 1. The van der Waals surface area contributed by atoms with Gasteiger partial charge in [-0.25, -0.2) is 0 Å². The van der Waals surface area contributed by atoms with Crippen molar-refractivity contribution in [3.63, 3.8) is 0 Å². The van der Waals surface area contributed by atoms with E-state index in [1.54, 1.807) is 12.0 Å². The number of amides is 1. The largest absolute Gasteiger partial charge is 0.499 e. The number of methoxy groups -OCH3 is 1. The van der Waals surface area contributed by atoms with Crippen molar-refractivity contribution in [3.05, 3.63) is 41.7 Å². The zero-order valence-corrected chi connectivity index (χ0v) is 12.9. The van der Waals surface area contributed by atoms with E-state index in [0.29, 0.717) is 12.3 Å². The zero-order chi connectivity index (χ0) is 14.8. The summed E-state index contributed by atoms with van der Waals surface area (Å²) in [5, 5.41) is 0. The number of rotatable bonds is 2. The molecule has 0 atom stereocenters. The minimum Gasteiger partial charge on any atom is -0.499 e. The molecule has 1 aromatic carbocycles. The summed E-state index contributed by atoms with van der Waals surface area (Å²) in [7, 11) is 1.58. The molecular weight excluding hydrogens is 238 g/mol. The van der Waals surface area contributed by atoms with Gasteiger partial charge < -0.3 is 9.64 Å². The maximum Gasteiger partial charge on any atom is 0.254 e. The summed E-state index contributed by atoms with van der Waals surface area (Å²) in [5.41, 5.74) is 2.10. The molecule has 106 valence electrons. The molecule has 0 saturated carbocycles. The average Bonchev–Trinajstić information content (AvgIpc) is 2.85. The molecule has 0 fully saturated rings. The summed E-state index contributed by atoms with van der Waals surface area (Å²) in [6.07, 6.45) is 1.53. The molecule has 3 nitrogen and oxygen atoms in total. The monoisotopic (exact) mass is 263 g/mol. The van der Waals surface area contributed by atoms with E-state index in [0.717, 1.165) is 5.69 Å². The lowest BCUT2D eigenvalue weighted by molar-refractivity contribution is -0.113. The minimum absolute atomic E-state index is 0.0179. The van der Waals surface area contributed by atoms with Gasteiger partial charge in [0.15, 0.2) is 0 Å². The molecule has 1 heterocycles. The van der Waals surface area contributed by atoms with Crippen molar-refractivity contribution in [1.82, 2.24) is 0 Å². The van der Waals surface area contributed by atoms with Gasteiger partial charge in [0.05, 0.1) is 13.7 Å². The number of aryl methyl sites for hydroxylation is 1. The summed E-state index contributed by atoms with van der Waals surface area (Å²) in [6.45, 7) is 10.5. The molecule has 1 aromatic rings. The van der Waals surface area contributed by atoms with E-state index in [1.807, 2.05) is 58.9 Å². The van der Waals surface area contributed by atoms with Crippen LogP contribution < -0.4 is 4.90 Å². The highest BCUT2D eigenvalue weighted by Gasteiger charge is 2.23. The van der Waals surface area contributed by atoms with Crippen molar-refractivity contribution in [1.29, 1.82) is 0 Å². The molecule has 0 bridgehead atoms. The lowest BCUT2D eigenvalue weighted by Gasteiger charge is -2.16. The van der Waals surface area contributed by atoms with Gasteiger partial charge in [0.2, 0.25) is 0 Å². The highest BCUT2D eigenvalue weighted by Crippen LogP contribution is 2.21. The highest BCUT2D eigenvalue weighted by molar-refractivity contribution is 6.04. The third-order valence-corrected chi connectivity index (χ3v) is 2.47. The van der Waals surface area contributed by atoms with Crippen LogP contribution in [0.3, 0.4) is 0 Å². The van der Waals surface area contributed by atoms with Crippen molar-refractivity contribution in [2.24, 2.45) is 0 Å². The predicted octanol–water partition coefficient (Wildman–Crippen LogP) is 3.92. The van der Waals surface area contributed by atoms with Crippen LogP contribution >= 0.6 is 0 Å². The molecule has 2 rings (SSSR count). The van der Waals surface area contributed by atoms with Crippen LogP contribution in [-0.2, 0) is 9.53 Å². The second kappa shape index (κ2) is 9.20. The summed E-state index contributed by atoms with van der Waals surface area (Å²) in [4.78, 5) is 13.3. The Bertz CT molecular complexity index is 407. The number of hydrogen-bond donors (Lipinski definition) is 0. The fourth-order valence-corrected chi connectivity index (χ4v) is 1.56. The molecule has 0 radical (unpaired) electrons. The zero-order valence-electron chi connectivity index (χ0n) is 12.9. The third-order valence-electron chi connectivity index (χ3n) is 2.47. The molecule has 0 aliphatic carbocycles. The SMILES string of the molecule is CC.CC.COC1=CC(=O)N(c2ccc(C)cc2)C1. The first-order valence-electron chi connectivity index (χ1n) is 6.83. The second-order valence-electron chi connectivity index (χ2n) is 3.57. The van der Waals surface area contributed by atoms with Crippen LogP contribution in [0, 0.1) is 6.92 Å². The molecule has 1 aliphatic heterocycles. The van der Waals surface area contributed by atoms with Gasteiger partial charge in [0, 0.05) is 11.8 Å². The molecule has 0 N–H and O–H groups in total. The van der Waals surface area contributed by atoms with Crippen molar-refractivity contribution < 1.29 is 9.53 Å². The Balaban J connectivity index is 0.000000741. The molecule has 19 heavy (non-hydrogen) atoms. The standard InChI is InChI=1S/C12H13NO2.2C2H6/c1-9-3-5-10(6-4-9)13-8-11(15-2)7-12(13)14;2*1-2/h3-7H,8H2,1-2H3;2*1-2H3. The van der Waals surface area contributed by atoms with E-state index in [2.05, 4.69) is 0 Å². The van der Waals surface area contributed by atoms with Crippen LogP contribution in [0.5, 0.6) is 0 Å². The predicted molar refractivity (Wildman–Crippen MR) is 81.3 cm³/mol. The summed E-state index contributed by atoms with van der Waals surface area (Å²) >= 11 is 0. The lowest BCUT2D eigenvalue weighted by Crippen LogP contribution is -2.25. The fourth-order valence-electron chi connectivity index (χ4n) is 1.56. The molecule has 1 amide bonds.